The van der Waals surface area contributed by atoms with Gasteiger partial charge in [0, 0.05) is 12.6 Å². The van der Waals surface area contributed by atoms with Crippen molar-refractivity contribution in [2.45, 2.75) is 65.5 Å². The van der Waals surface area contributed by atoms with Crippen LogP contribution in [0.3, 0.4) is 0 Å². The summed E-state index contributed by atoms with van der Waals surface area (Å²) in [6.07, 6.45) is 1.95. The summed E-state index contributed by atoms with van der Waals surface area (Å²) in [6.45, 7) is 11.7. The van der Waals surface area contributed by atoms with Gasteiger partial charge >= 0.3 is 0 Å². The van der Waals surface area contributed by atoms with E-state index in [0.29, 0.717) is 24.4 Å². The molecule has 114 valence electrons. The normalized spacial score (nSPS) is 14.8. The zero-order chi connectivity index (χ0) is 15.1. The zero-order valence-corrected chi connectivity index (χ0v) is 13.7. The van der Waals surface area contributed by atoms with Gasteiger partial charge < -0.3 is 10.4 Å². The number of rotatable bonds is 8. The minimum Gasteiger partial charge on any atom is -0.387 e. The van der Waals surface area contributed by atoms with Crippen LogP contribution in [0.4, 0.5) is 0 Å². The van der Waals surface area contributed by atoms with E-state index in [4.69, 9.17) is 0 Å². The van der Waals surface area contributed by atoms with E-state index in [0.717, 1.165) is 5.56 Å². The van der Waals surface area contributed by atoms with E-state index in [1.54, 1.807) is 0 Å². The third kappa shape index (κ3) is 4.92. The Hall–Kier alpha value is -0.860. The maximum absolute atomic E-state index is 10.3. The third-order valence-corrected chi connectivity index (χ3v) is 4.38. The van der Waals surface area contributed by atoms with Crippen LogP contribution in [0.5, 0.6) is 0 Å². The van der Waals surface area contributed by atoms with E-state index in [-0.39, 0.29) is 0 Å². The summed E-state index contributed by atoms with van der Waals surface area (Å²) < 4.78 is 0. The molecule has 0 saturated heterocycles. The predicted octanol–water partition coefficient (Wildman–Crippen LogP) is 4.26. The number of hydrogen-bond acceptors (Lipinski definition) is 2. The molecule has 0 aliphatic heterocycles. The van der Waals surface area contributed by atoms with Crippen molar-refractivity contribution in [1.29, 1.82) is 0 Å². The molecular weight excluding hydrogens is 246 g/mol. The fraction of sp³-hybridized carbons (Fsp3) is 0.667. The molecule has 0 amide bonds. The molecule has 0 aliphatic rings. The summed E-state index contributed by atoms with van der Waals surface area (Å²) in [7, 11) is 0. The smallest absolute Gasteiger partial charge is 0.0914 e. The van der Waals surface area contributed by atoms with Gasteiger partial charge in [0.25, 0.3) is 0 Å². The van der Waals surface area contributed by atoms with E-state index in [1.165, 1.54) is 18.4 Å². The standard InChI is InChI=1S/C18H31NO/c1-6-15(7-2)14(5)19-12-18(20)17-10-8-16(9-11-17)13(3)4/h8-11,13-15,18-20H,6-7,12H2,1-5H3. The lowest BCUT2D eigenvalue weighted by Crippen LogP contribution is -2.35. The number of benzene rings is 1. The Kier molecular flexibility index (Phi) is 7.25. The lowest BCUT2D eigenvalue weighted by molar-refractivity contribution is 0.164. The number of aliphatic hydroxyl groups excluding tert-OH is 1. The van der Waals surface area contributed by atoms with E-state index in [9.17, 15) is 5.11 Å². The third-order valence-electron chi connectivity index (χ3n) is 4.38. The molecule has 2 heteroatoms. The van der Waals surface area contributed by atoms with Crippen molar-refractivity contribution in [2.75, 3.05) is 6.54 Å². The van der Waals surface area contributed by atoms with Gasteiger partial charge in [0.2, 0.25) is 0 Å². The molecule has 20 heavy (non-hydrogen) atoms. The lowest BCUT2D eigenvalue weighted by Gasteiger charge is -2.24. The first-order valence-electron chi connectivity index (χ1n) is 8.00. The highest BCUT2D eigenvalue weighted by atomic mass is 16.3. The Labute approximate surface area is 124 Å². The first-order valence-corrected chi connectivity index (χ1v) is 8.00. The molecule has 0 radical (unpaired) electrons. The van der Waals surface area contributed by atoms with Crippen LogP contribution < -0.4 is 5.32 Å². The maximum Gasteiger partial charge on any atom is 0.0914 e. The van der Waals surface area contributed by atoms with Gasteiger partial charge in [-0.2, -0.15) is 0 Å². The molecule has 2 N–H and O–H groups in total. The largest absolute Gasteiger partial charge is 0.387 e. The highest BCUT2D eigenvalue weighted by Gasteiger charge is 2.15. The quantitative estimate of drug-likeness (QED) is 0.744. The van der Waals surface area contributed by atoms with Gasteiger partial charge in [-0.05, 0) is 29.9 Å². The fourth-order valence-electron chi connectivity index (χ4n) is 2.68. The molecule has 1 aromatic carbocycles. The van der Waals surface area contributed by atoms with Gasteiger partial charge in [-0.25, -0.2) is 0 Å². The number of hydrogen-bond donors (Lipinski definition) is 2. The van der Waals surface area contributed by atoms with Crippen LogP contribution in [0.15, 0.2) is 24.3 Å². The molecule has 0 heterocycles. The van der Waals surface area contributed by atoms with Gasteiger partial charge in [0.15, 0.2) is 0 Å². The Morgan fingerprint density at radius 3 is 1.90 bits per heavy atom. The summed E-state index contributed by atoms with van der Waals surface area (Å²) in [5.41, 5.74) is 2.32. The fourth-order valence-corrected chi connectivity index (χ4v) is 2.68. The lowest BCUT2D eigenvalue weighted by atomic mass is 9.95. The predicted molar refractivity (Wildman–Crippen MR) is 87.0 cm³/mol. The Morgan fingerprint density at radius 2 is 1.45 bits per heavy atom. The zero-order valence-electron chi connectivity index (χ0n) is 13.7. The van der Waals surface area contributed by atoms with Crippen molar-refractivity contribution in [2.24, 2.45) is 5.92 Å². The second-order valence-electron chi connectivity index (χ2n) is 6.11. The summed E-state index contributed by atoms with van der Waals surface area (Å²) in [4.78, 5) is 0. The van der Waals surface area contributed by atoms with Crippen LogP contribution in [0.25, 0.3) is 0 Å². The van der Waals surface area contributed by atoms with Crippen LogP contribution in [-0.4, -0.2) is 17.7 Å². The first kappa shape index (κ1) is 17.2. The van der Waals surface area contributed by atoms with Crippen LogP contribution in [0.2, 0.25) is 0 Å². The van der Waals surface area contributed by atoms with Crippen LogP contribution in [-0.2, 0) is 0 Å². The van der Waals surface area contributed by atoms with E-state index < -0.39 is 6.10 Å². The highest BCUT2D eigenvalue weighted by molar-refractivity contribution is 5.26. The SMILES string of the molecule is CCC(CC)C(C)NCC(O)c1ccc(C(C)C)cc1. The molecule has 1 aromatic rings. The molecule has 0 aromatic heterocycles. The van der Waals surface area contributed by atoms with Crippen molar-refractivity contribution in [3.63, 3.8) is 0 Å². The molecule has 0 spiro atoms. The van der Waals surface area contributed by atoms with Gasteiger partial charge in [-0.3, -0.25) is 0 Å². The van der Waals surface area contributed by atoms with E-state index >= 15 is 0 Å². The minimum atomic E-state index is -0.423. The maximum atomic E-state index is 10.3. The van der Waals surface area contributed by atoms with Crippen molar-refractivity contribution >= 4 is 0 Å². The monoisotopic (exact) mass is 277 g/mol. The highest BCUT2D eigenvalue weighted by Crippen LogP contribution is 2.19. The molecular formula is C18H31NO. The minimum absolute atomic E-state index is 0.423. The summed E-state index contributed by atoms with van der Waals surface area (Å²) in [5.74, 6) is 1.22. The van der Waals surface area contributed by atoms with Gasteiger partial charge in [-0.15, -0.1) is 0 Å². The molecule has 0 saturated carbocycles. The molecule has 2 unspecified atom stereocenters. The molecule has 1 rings (SSSR count). The molecule has 0 bridgehead atoms. The van der Waals surface area contributed by atoms with Crippen LogP contribution in [0, 0.1) is 5.92 Å². The average Bonchev–Trinajstić information content (AvgIpc) is 2.46. The van der Waals surface area contributed by atoms with Crippen molar-refractivity contribution in [3.8, 4) is 0 Å². The van der Waals surface area contributed by atoms with Crippen LogP contribution in [0.1, 0.15) is 70.6 Å². The summed E-state index contributed by atoms with van der Waals surface area (Å²) in [5, 5.41) is 13.7. The van der Waals surface area contributed by atoms with Crippen molar-refractivity contribution in [3.05, 3.63) is 35.4 Å². The average molecular weight is 277 g/mol. The summed E-state index contributed by atoms with van der Waals surface area (Å²) in [6, 6.07) is 8.78. The Bertz CT molecular complexity index is 368. The van der Waals surface area contributed by atoms with E-state index in [2.05, 4.69) is 52.1 Å². The van der Waals surface area contributed by atoms with E-state index in [1.807, 2.05) is 12.1 Å². The number of nitrogens with one attached hydrogen (secondary N) is 1. The van der Waals surface area contributed by atoms with Gasteiger partial charge in [0.1, 0.15) is 0 Å². The number of aliphatic hydroxyl groups is 1. The topological polar surface area (TPSA) is 32.3 Å². The first-order chi connectivity index (χ1) is 9.49. The summed E-state index contributed by atoms with van der Waals surface area (Å²) >= 11 is 0. The van der Waals surface area contributed by atoms with Gasteiger partial charge in [-0.1, -0.05) is 64.8 Å². The second kappa shape index (κ2) is 8.43. The molecule has 2 atom stereocenters. The molecule has 0 aliphatic carbocycles. The molecule has 0 fully saturated rings. The van der Waals surface area contributed by atoms with Crippen molar-refractivity contribution in [1.82, 2.24) is 5.32 Å². The molecule has 2 nitrogen and oxygen atoms in total. The second-order valence-corrected chi connectivity index (χ2v) is 6.11. The van der Waals surface area contributed by atoms with Gasteiger partial charge in [0.05, 0.1) is 6.10 Å². The Balaban J connectivity index is 2.52. The van der Waals surface area contributed by atoms with Crippen LogP contribution >= 0.6 is 0 Å². The Morgan fingerprint density at radius 1 is 0.950 bits per heavy atom. The van der Waals surface area contributed by atoms with Crippen molar-refractivity contribution < 1.29 is 5.11 Å².